The summed E-state index contributed by atoms with van der Waals surface area (Å²) in [6.07, 6.45) is 66.5. The van der Waals surface area contributed by atoms with E-state index in [2.05, 4.69) is 41.5 Å². The van der Waals surface area contributed by atoms with Gasteiger partial charge in [-0.05, 0) is 37.5 Å². The van der Waals surface area contributed by atoms with Gasteiger partial charge in [0.05, 0.1) is 26.4 Å². The molecule has 0 amide bonds. The summed E-state index contributed by atoms with van der Waals surface area (Å²) in [4.78, 5) is 73.1. The number of carbonyl (C=O) groups excluding carboxylic acids is 4. The molecule has 0 bridgehead atoms. The summed E-state index contributed by atoms with van der Waals surface area (Å²) in [5.41, 5.74) is 0. The highest BCUT2D eigenvalue weighted by Gasteiger charge is 2.30. The number of hydrogen-bond donors (Lipinski definition) is 3. The Morgan fingerprint density at radius 1 is 0.282 bits per heavy atom. The second-order valence-electron chi connectivity index (χ2n) is 30.9. The zero-order valence-electron chi connectivity index (χ0n) is 67.6. The molecule has 0 aliphatic heterocycles. The first-order valence-electron chi connectivity index (χ1n) is 43.5. The second kappa shape index (κ2) is 75.5. The molecule has 0 aromatic heterocycles. The SMILES string of the molecule is CCCCCCCCCCCCCCCCC(=O)O[C@H](COC(=O)CCCCCCCCCCCC)COP(=O)(O)OC[C@H](O)COP(=O)(O)OC[C@@H](COC(=O)CCCCCCCCCCCCCCCCC(C)C)OC(=O)CCCCCCCCCCCCCCCCCCCCC(C)CC. The van der Waals surface area contributed by atoms with Crippen molar-refractivity contribution in [2.24, 2.45) is 11.8 Å². The van der Waals surface area contributed by atoms with Crippen LogP contribution in [-0.4, -0.2) is 96.7 Å². The summed E-state index contributed by atoms with van der Waals surface area (Å²) in [7, 11) is -9.92. The maximum Gasteiger partial charge on any atom is 0.472 e. The van der Waals surface area contributed by atoms with Gasteiger partial charge in [0.1, 0.15) is 19.3 Å². The highest BCUT2D eigenvalue weighted by molar-refractivity contribution is 7.47. The number of carbonyl (C=O) groups is 4. The average molecular weight is 1510 g/mol. The minimum absolute atomic E-state index is 0.108. The largest absolute Gasteiger partial charge is 0.472 e. The number of phosphoric ester groups is 2. The molecule has 0 aliphatic rings. The fourth-order valence-corrected chi connectivity index (χ4v) is 14.6. The number of esters is 4. The monoisotopic (exact) mass is 1510 g/mol. The van der Waals surface area contributed by atoms with Gasteiger partial charge in [-0.25, -0.2) is 9.13 Å². The highest BCUT2D eigenvalue weighted by atomic mass is 31.2. The predicted octanol–water partition coefficient (Wildman–Crippen LogP) is 25.5. The van der Waals surface area contributed by atoms with E-state index in [9.17, 15) is 43.2 Å². The van der Waals surface area contributed by atoms with Crippen molar-refractivity contribution in [3.8, 4) is 0 Å². The lowest BCUT2D eigenvalue weighted by Gasteiger charge is -2.21. The average Bonchev–Trinajstić information content (AvgIpc) is 0.930. The predicted molar refractivity (Wildman–Crippen MR) is 423 cm³/mol. The zero-order chi connectivity index (χ0) is 75.6. The van der Waals surface area contributed by atoms with Crippen LogP contribution in [0.2, 0.25) is 0 Å². The molecular formula is C84H164O17P2. The van der Waals surface area contributed by atoms with Crippen molar-refractivity contribution in [3.05, 3.63) is 0 Å². The number of unbranched alkanes of at least 4 members (excludes halogenated alkanes) is 52. The van der Waals surface area contributed by atoms with E-state index in [4.69, 9.17) is 37.0 Å². The van der Waals surface area contributed by atoms with Crippen LogP contribution in [-0.2, 0) is 65.4 Å². The Bertz CT molecular complexity index is 1980. The lowest BCUT2D eigenvalue weighted by atomic mass is 9.99. The molecule has 17 nitrogen and oxygen atoms in total. The number of phosphoric acid groups is 2. The lowest BCUT2D eigenvalue weighted by Crippen LogP contribution is -2.30. The fraction of sp³-hybridized carbons (Fsp3) is 0.952. The molecule has 0 radical (unpaired) electrons. The first kappa shape index (κ1) is 101. The zero-order valence-corrected chi connectivity index (χ0v) is 69.4. The fourth-order valence-electron chi connectivity index (χ4n) is 13.0. The van der Waals surface area contributed by atoms with E-state index < -0.39 is 97.5 Å². The molecule has 103 heavy (non-hydrogen) atoms. The molecule has 0 fully saturated rings. The van der Waals surface area contributed by atoms with E-state index >= 15 is 0 Å². The Morgan fingerprint density at radius 2 is 0.495 bits per heavy atom. The summed E-state index contributed by atoms with van der Waals surface area (Å²) < 4.78 is 68.8. The molecule has 0 aromatic carbocycles. The summed E-state index contributed by atoms with van der Waals surface area (Å²) in [5, 5.41) is 10.7. The number of ether oxygens (including phenoxy) is 4. The third kappa shape index (κ3) is 76.6. The second-order valence-corrected chi connectivity index (χ2v) is 33.8. The molecular weight excluding hydrogens is 1340 g/mol. The number of hydrogen-bond acceptors (Lipinski definition) is 15. The molecule has 612 valence electrons. The molecule has 0 rings (SSSR count). The smallest absolute Gasteiger partial charge is 0.462 e. The molecule has 0 saturated heterocycles. The van der Waals surface area contributed by atoms with Crippen LogP contribution in [0.25, 0.3) is 0 Å². The quantitative estimate of drug-likeness (QED) is 0.0222. The van der Waals surface area contributed by atoms with Crippen molar-refractivity contribution in [2.75, 3.05) is 39.6 Å². The molecule has 0 spiro atoms. The molecule has 0 aliphatic carbocycles. The normalized spacial score (nSPS) is 14.1. The summed E-state index contributed by atoms with van der Waals surface area (Å²) in [5.74, 6) is -0.433. The highest BCUT2D eigenvalue weighted by Crippen LogP contribution is 2.45. The number of aliphatic hydroxyl groups excluding tert-OH is 1. The van der Waals surface area contributed by atoms with Gasteiger partial charge >= 0.3 is 39.5 Å². The standard InChI is InChI=1S/C84H164O17P2/c1-7-10-12-14-16-18-20-21-32-38-44-50-56-62-68-83(88)100-79(72-94-81(86)66-60-54-48-42-19-17-15-13-11-8-2)74-98-102(90,91)96-70-78(85)71-97-103(92,93)99-75-80(73-95-82(87)67-61-55-49-43-37-33-29-28-30-35-40-46-52-58-64-76(4)5)101-84(89)69-63-57-51-45-39-34-27-25-23-22-24-26-31-36-41-47-53-59-65-77(6)9-3/h76-80,85H,7-75H2,1-6H3,(H,90,91)(H,92,93)/t77?,78-,79+,80+/m0/s1. The van der Waals surface area contributed by atoms with Crippen molar-refractivity contribution in [1.29, 1.82) is 0 Å². The number of rotatable bonds is 83. The van der Waals surface area contributed by atoms with Gasteiger partial charge < -0.3 is 33.8 Å². The van der Waals surface area contributed by atoms with Crippen LogP contribution >= 0.6 is 15.6 Å². The molecule has 0 saturated carbocycles. The molecule has 3 N–H and O–H groups in total. The van der Waals surface area contributed by atoms with E-state index in [0.29, 0.717) is 25.7 Å². The van der Waals surface area contributed by atoms with Gasteiger partial charge in [-0.2, -0.15) is 0 Å². The van der Waals surface area contributed by atoms with Crippen LogP contribution in [0.5, 0.6) is 0 Å². The first-order valence-corrected chi connectivity index (χ1v) is 46.5. The van der Waals surface area contributed by atoms with Gasteiger partial charge in [0.15, 0.2) is 12.2 Å². The van der Waals surface area contributed by atoms with Crippen molar-refractivity contribution in [2.45, 2.75) is 464 Å². The van der Waals surface area contributed by atoms with Crippen molar-refractivity contribution in [1.82, 2.24) is 0 Å². The molecule has 0 heterocycles. The Labute approximate surface area is 632 Å². The van der Waals surface area contributed by atoms with Crippen LogP contribution in [0.4, 0.5) is 0 Å². The molecule has 3 unspecified atom stereocenters. The van der Waals surface area contributed by atoms with Crippen LogP contribution < -0.4 is 0 Å². The van der Waals surface area contributed by atoms with Gasteiger partial charge in [0.25, 0.3) is 0 Å². The van der Waals surface area contributed by atoms with E-state index in [0.717, 1.165) is 102 Å². The molecule has 6 atom stereocenters. The lowest BCUT2D eigenvalue weighted by molar-refractivity contribution is -0.161. The van der Waals surface area contributed by atoms with Crippen molar-refractivity contribution < 1.29 is 80.2 Å². The van der Waals surface area contributed by atoms with E-state index in [1.54, 1.807) is 0 Å². The van der Waals surface area contributed by atoms with Gasteiger partial charge in [-0.1, -0.05) is 395 Å². The van der Waals surface area contributed by atoms with Gasteiger partial charge in [0, 0.05) is 25.7 Å². The minimum atomic E-state index is -4.96. The van der Waals surface area contributed by atoms with Crippen LogP contribution in [0.15, 0.2) is 0 Å². The van der Waals surface area contributed by atoms with Gasteiger partial charge in [-0.15, -0.1) is 0 Å². The Kier molecular flexibility index (Phi) is 74.1. The maximum atomic E-state index is 13.1. The first-order chi connectivity index (χ1) is 49.9. The molecule has 19 heteroatoms. The Balaban J connectivity index is 5.22. The van der Waals surface area contributed by atoms with Gasteiger partial charge in [-0.3, -0.25) is 37.3 Å². The number of aliphatic hydroxyl groups is 1. The third-order valence-electron chi connectivity index (χ3n) is 20.1. The van der Waals surface area contributed by atoms with E-state index in [1.165, 1.54) is 263 Å². The van der Waals surface area contributed by atoms with E-state index in [1.807, 2.05) is 0 Å². The van der Waals surface area contributed by atoms with Crippen molar-refractivity contribution >= 4 is 39.5 Å². The minimum Gasteiger partial charge on any atom is -0.462 e. The Hall–Kier alpha value is -1.94. The summed E-state index contributed by atoms with van der Waals surface area (Å²) in [6, 6.07) is 0. The van der Waals surface area contributed by atoms with Crippen molar-refractivity contribution in [3.63, 3.8) is 0 Å². The molecule has 0 aromatic rings. The summed E-state index contributed by atoms with van der Waals surface area (Å²) in [6.45, 7) is 9.74. The maximum absolute atomic E-state index is 13.1. The third-order valence-corrected chi connectivity index (χ3v) is 22.0. The van der Waals surface area contributed by atoms with Gasteiger partial charge in [0.2, 0.25) is 0 Å². The van der Waals surface area contributed by atoms with Crippen LogP contribution in [0.1, 0.15) is 446 Å². The topological polar surface area (TPSA) is 237 Å². The van der Waals surface area contributed by atoms with E-state index in [-0.39, 0.29) is 25.7 Å². The summed E-state index contributed by atoms with van der Waals surface area (Å²) >= 11 is 0. The van der Waals surface area contributed by atoms with Crippen LogP contribution in [0.3, 0.4) is 0 Å². The Morgan fingerprint density at radius 3 is 0.738 bits per heavy atom. The van der Waals surface area contributed by atoms with Crippen LogP contribution in [0, 0.1) is 11.8 Å².